The van der Waals surface area contributed by atoms with E-state index < -0.39 is 5.97 Å². The molecule has 1 aromatic carbocycles. The van der Waals surface area contributed by atoms with E-state index in [-0.39, 0.29) is 5.56 Å². The lowest BCUT2D eigenvalue weighted by Gasteiger charge is -2.20. The zero-order valence-electron chi connectivity index (χ0n) is 12.1. The largest absolute Gasteiger partial charge is 0.478 e. The molecule has 1 saturated heterocycles. The van der Waals surface area contributed by atoms with Crippen LogP contribution in [0.25, 0.3) is 0 Å². The predicted molar refractivity (Wildman–Crippen MR) is 81.1 cm³/mol. The molecule has 5 nitrogen and oxygen atoms in total. The molecule has 0 aliphatic carbocycles. The van der Waals surface area contributed by atoms with Crippen molar-refractivity contribution in [3.05, 3.63) is 23.8 Å². The van der Waals surface area contributed by atoms with Crippen LogP contribution in [-0.2, 0) is 0 Å². The van der Waals surface area contributed by atoms with Gasteiger partial charge in [0.15, 0.2) is 0 Å². The van der Waals surface area contributed by atoms with E-state index in [0.717, 1.165) is 25.3 Å². The second-order valence-corrected chi connectivity index (χ2v) is 5.73. The fourth-order valence-electron chi connectivity index (χ4n) is 2.61. The van der Waals surface area contributed by atoms with Gasteiger partial charge in [-0.05, 0) is 50.9 Å². The molecule has 0 spiro atoms. The summed E-state index contributed by atoms with van der Waals surface area (Å²) in [6, 6.07) is 5.67. The molecule has 110 valence electrons. The predicted octanol–water partition coefficient (Wildman–Crippen LogP) is 2.11. The lowest BCUT2D eigenvalue weighted by atomic mass is 10.1. The molecule has 20 heavy (non-hydrogen) atoms. The van der Waals surface area contributed by atoms with Gasteiger partial charge in [0, 0.05) is 30.5 Å². The number of carboxylic acids is 1. The molecule has 2 rings (SSSR count). The van der Waals surface area contributed by atoms with Crippen LogP contribution < -0.4 is 11.1 Å². The maximum Gasteiger partial charge on any atom is 0.337 e. The third-order valence-corrected chi connectivity index (χ3v) is 3.93. The van der Waals surface area contributed by atoms with Gasteiger partial charge in [-0.25, -0.2) is 4.79 Å². The highest BCUT2D eigenvalue weighted by molar-refractivity contribution is 5.94. The second kappa shape index (κ2) is 6.13. The van der Waals surface area contributed by atoms with Crippen LogP contribution >= 0.6 is 0 Å². The van der Waals surface area contributed by atoms with E-state index in [1.807, 2.05) is 6.07 Å². The van der Waals surface area contributed by atoms with E-state index in [1.54, 1.807) is 12.1 Å². The van der Waals surface area contributed by atoms with Gasteiger partial charge in [0.25, 0.3) is 0 Å². The van der Waals surface area contributed by atoms with Crippen molar-refractivity contribution in [1.82, 2.24) is 4.90 Å². The van der Waals surface area contributed by atoms with Gasteiger partial charge in [0.1, 0.15) is 0 Å². The maximum absolute atomic E-state index is 11.0. The van der Waals surface area contributed by atoms with Crippen LogP contribution in [0.5, 0.6) is 0 Å². The average molecular weight is 277 g/mol. The topological polar surface area (TPSA) is 78.6 Å². The molecule has 1 heterocycles. The number of aromatic carboxylic acids is 1. The molecule has 0 amide bonds. The molecule has 4 N–H and O–H groups in total. The van der Waals surface area contributed by atoms with Crippen molar-refractivity contribution in [2.24, 2.45) is 5.92 Å². The Morgan fingerprint density at radius 2 is 2.30 bits per heavy atom. The van der Waals surface area contributed by atoms with Crippen molar-refractivity contribution in [3.63, 3.8) is 0 Å². The molecule has 0 bridgehead atoms. The minimum Gasteiger partial charge on any atom is -0.478 e. The highest BCUT2D eigenvalue weighted by Gasteiger charge is 2.23. The van der Waals surface area contributed by atoms with Crippen LogP contribution in [0, 0.1) is 5.92 Å². The molecule has 1 fully saturated rings. The summed E-state index contributed by atoms with van der Waals surface area (Å²) in [6.07, 6.45) is 1.19. The first-order valence-electron chi connectivity index (χ1n) is 7.08. The fraction of sp³-hybridized carbons (Fsp3) is 0.533. The number of carbonyl (C=O) groups is 1. The van der Waals surface area contributed by atoms with Gasteiger partial charge in [-0.1, -0.05) is 0 Å². The lowest BCUT2D eigenvalue weighted by Crippen LogP contribution is -2.29. The van der Waals surface area contributed by atoms with Crippen molar-refractivity contribution in [3.8, 4) is 0 Å². The summed E-state index contributed by atoms with van der Waals surface area (Å²) in [6.45, 7) is 7.55. The smallest absolute Gasteiger partial charge is 0.337 e. The van der Waals surface area contributed by atoms with Gasteiger partial charge in [-0.2, -0.15) is 0 Å². The number of anilines is 2. The lowest BCUT2D eigenvalue weighted by molar-refractivity contribution is 0.0698. The summed E-state index contributed by atoms with van der Waals surface area (Å²) in [5.41, 5.74) is 6.92. The van der Waals surface area contributed by atoms with E-state index in [0.29, 0.717) is 17.6 Å². The zero-order valence-corrected chi connectivity index (χ0v) is 12.1. The molecule has 1 aromatic rings. The zero-order chi connectivity index (χ0) is 14.7. The van der Waals surface area contributed by atoms with Crippen molar-refractivity contribution in [1.29, 1.82) is 0 Å². The first-order chi connectivity index (χ1) is 9.47. The van der Waals surface area contributed by atoms with Gasteiger partial charge in [-0.3, -0.25) is 0 Å². The third-order valence-electron chi connectivity index (χ3n) is 3.93. The van der Waals surface area contributed by atoms with Crippen LogP contribution in [0.15, 0.2) is 18.2 Å². The fourth-order valence-corrected chi connectivity index (χ4v) is 2.61. The molecular formula is C15H23N3O2. The molecule has 1 aliphatic heterocycles. The molecule has 1 unspecified atom stereocenters. The van der Waals surface area contributed by atoms with E-state index >= 15 is 0 Å². The van der Waals surface area contributed by atoms with Crippen LogP contribution in [-0.4, -0.2) is 41.7 Å². The first-order valence-corrected chi connectivity index (χ1v) is 7.08. The summed E-state index contributed by atoms with van der Waals surface area (Å²) in [7, 11) is 0. The Balaban J connectivity index is 1.92. The van der Waals surface area contributed by atoms with Gasteiger partial charge in [0.2, 0.25) is 0 Å². The molecule has 0 saturated carbocycles. The Kier molecular flexibility index (Phi) is 4.49. The Hall–Kier alpha value is -1.75. The Labute approximate surface area is 119 Å². The van der Waals surface area contributed by atoms with E-state index in [2.05, 4.69) is 24.1 Å². The van der Waals surface area contributed by atoms with Gasteiger partial charge < -0.3 is 21.1 Å². The number of nitrogens with zero attached hydrogens (tertiary/aromatic N) is 1. The number of rotatable bonds is 5. The minimum atomic E-state index is -0.988. The summed E-state index contributed by atoms with van der Waals surface area (Å²) in [5.74, 6) is -0.374. The highest BCUT2D eigenvalue weighted by Crippen LogP contribution is 2.21. The number of hydrogen-bond acceptors (Lipinski definition) is 4. The Morgan fingerprint density at radius 1 is 1.55 bits per heavy atom. The molecule has 0 aromatic heterocycles. The summed E-state index contributed by atoms with van der Waals surface area (Å²) < 4.78 is 0. The van der Waals surface area contributed by atoms with Gasteiger partial charge in [-0.15, -0.1) is 0 Å². The second-order valence-electron chi connectivity index (χ2n) is 5.73. The number of carboxylic acid groups (broad SMARTS) is 1. The monoisotopic (exact) mass is 277 g/mol. The van der Waals surface area contributed by atoms with Gasteiger partial charge >= 0.3 is 5.97 Å². The SMILES string of the molecule is CC(C)N1CCC(CNc2ccc(N)c(C(=O)O)c2)C1. The number of nitrogens with one attached hydrogen (secondary N) is 1. The summed E-state index contributed by atoms with van der Waals surface area (Å²) >= 11 is 0. The maximum atomic E-state index is 11.0. The van der Waals surface area contributed by atoms with E-state index in [1.165, 1.54) is 6.42 Å². The van der Waals surface area contributed by atoms with Crippen molar-refractivity contribution in [2.45, 2.75) is 26.3 Å². The quantitative estimate of drug-likeness (QED) is 0.718. The van der Waals surface area contributed by atoms with Crippen molar-refractivity contribution in [2.75, 3.05) is 30.7 Å². The Morgan fingerprint density at radius 3 is 2.90 bits per heavy atom. The number of nitrogens with two attached hydrogens (primary N) is 1. The van der Waals surface area contributed by atoms with Crippen LogP contribution in [0.2, 0.25) is 0 Å². The third kappa shape index (κ3) is 3.42. The number of benzene rings is 1. The molecule has 1 atom stereocenters. The molecule has 1 aliphatic rings. The van der Waals surface area contributed by atoms with Crippen molar-refractivity contribution < 1.29 is 9.90 Å². The molecule has 5 heteroatoms. The van der Waals surface area contributed by atoms with Crippen molar-refractivity contribution >= 4 is 17.3 Å². The highest BCUT2D eigenvalue weighted by atomic mass is 16.4. The van der Waals surface area contributed by atoms with Gasteiger partial charge in [0.05, 0.1) is 5.56 Å². The normalized spacial score (nSPS) is 19.4. The standard InChI is InChI=1S/C15H23N3O2/c1-10(2)18-6-5-11(9-18)8-17-12-3-4-14(16)13(7-12)15(19)20/h3-4,7,10-11,17H,5-6,8-9,16H2,1-2H3,(H,19,20). The molecule has 0 radical (unpaired) electrons. The average Bonchev–Trinajstić information content (AvgIpc) is 2.86. The summed E-state index contributed by atoms with van der Waals surface area (Å²) in [4.78, 5) is 13.5. The number of hydrogen-bond donors (Lipinski definition) is 3. The van der Waals surface area contributed by atoms with Crippen LogP contribution in [0.4, 0.5) is 11.4 Å². The molecular weight excluding hydrogens is 254 g/mol. The van der Waals surface area contributed by atoms with E-state index in [4.69, 9.17) is 10.8 Å². The van der Waals surface area contributed by atoms with E-state index in [9.17, 15) is 4.79 Å². The van der Waals surface area contributed by atoms with Crippen LogP contribution in [0.1, 0.15) is 30.6 Å². The minimum absolute atomic E-state index is 0.158. The van der Waals surface area contributed by atoms with Crippen LogP contribution in [0.3, 0.4) is 0 Å². The number of likely N-dealkylation sites (tertiary alicyclic amines) is 1. The number of nitrogen functional groups attached to an aromatic ring is 1. The first kappa shape index (κ1) is 14.7. The summed E-state index contributed by atoms with van der Waals surface area (Å²) in [5, 5.41) is 12.4. The Bertz CT molecular complexity index is 488.